The number of carbonyl (C=O) groups excluding carboxylic acids is 2. The van der Waals surface area contributed by atoms with Gasteiger partial charge in [0.25, 0.3) is 11.7 Å². The third-order valence-corrected chi connectivity index (χ3v) is 5.10. The molecular weight excluding hydrogens is 356 g/mol. The fourth-order valence-electron chi connectivity index (χ4n) is 3.65. The number of hydrogen-bond acceptors (Lipinski definition) is 5. The number of amides is 1. The first-order valence-electron chi connectivity index (χ1n) is 9.22. The van der Waals surface area contributed by atoms with Gasteiger partial charge in [-0.15, -0.1) is 0 Å². The Morgan fingerprint density at radius 3 is 2.75 bits per heavy atom. The summed E-state index contributed by atoms with van der Waals surface area (Å²) in [5.74, 6) is -0.361. The highest BCUT2D eigenvalue weighted by Crippen LogP contribution is 2.32. The van der Waals surface area contributed by atoms with Crippen LogP contribution in [0.3, 0.4) is 0 Å². The first-order chi connectivity index (χ1) is 13.7. The number of para-hydroxylation sites is 1. The van der Waals surface area contributed by atoms with Gasteiger partial charge in [-0.05, 0) is 18.2 Å². The highest BCUT2D eigenvalue weighted by Gasteiger charge is 2.27. The average molecular weight is 374 g/mol. The summed E-state index contributed by atoms with van der Waals surface area (Å²) in [4.78, 5) is 34.6. The van der Waals surface area contributed by atoms with E-state index >= 15 is 0 Å². The molecular formula is C21H18N4O3. The number of benzene rings is 1. The number of H-pyrrole nitrogens is 1. The second kappa shape index (κ2) is 6.61. The average Bonchev–Trinajstić information content (AvgIpc) is 3.37. The normalized spacial score (nSPS) is 14.6. The van der Waals surface area contributed by atoms with E-state index in [1.54, 1.807) is 23.4 Å². The van der Waals surface area contributed by atoms with Crippen LogP contribution in [0.4, 0.5) is 0 Å². The van der Waals surface area contributed by atoms with Gasteiger partial charge in [-0.25, -0.2) is 0 Å². The van der Waals surface area contributed by atoms with Crippen LogP contribution in [0.2, 0.25) is 0 Å². The maximum Gasteiger partial charge on any atom is 0.295 e. The third-order valence-electron chi connectivity index (χ3n) is 5.10. The molecule has 0 aliphatic carbocycles. The molecule has 3 aromatic heterocycles. The van der Waals surface area contributed by atoms with Gasteiger partial charge in [0, 0.05) is 49.3 Å². The fourth-order valence-corrected chi connectivity index (χ4v) is 3.65. The number of aromatic nitrogens is 2. The predicted octanol–water partition coefficient (Wildman–Crippen LogP) is 2.59. The van der Waals surface area contributed by atoms with Crippen molar-refractivity contribution in [2.45, 2.75) is 0 Å². The molecule has 1 aliphatic rings. The molecule has 0 spiro atoms. The molecule has 4 aromatic rings. The van der Waals surface area contributed by atoms with Gasteiger partial charge in [0.05, 0.1) is 11.1 Å². The maximum absolute atomic E-state index is 12.8. The van der Waals surface area contributed by atoms with Crippen LogP contribution in [0.1, 0.15) is 10.4 Å². The number of fused-ring (bicyclic) bond motifs is 2. The lowest BCUT2D eigenvalue weighted by molar-refractivity contribution is -0.126. The van der Waals surface area contributed by atoms with Crippen LogP contribution >= 0.6 is 0 Å². The van der Waals surface area contributed by atoms with E-state index in [0.29, 0.717) is 54.1 Å². The Morgan fingerprint density at radius 1 is 1.11 bits per heavy atom. The van der Waals surface area contributed by atoms with Gasteiger partial charge in [0.1, 0.15) is 11.3 Å². The zero-order chi connectivity index (χ0) is 19.1. The van der Waals surface area contributed by atoms with Gasteiger partial charge in [0.15, 0.2) is 5.76 Å². The van der Waals surface area contributed by atoms with Crippen LogP contribution in [-0.4, -0.2) is 52.7 Å². The molecule has 0 saturated carbocycles. The lowest BCUT2D eigenvalue weighted by atomic mass is 10.1. The Kier molecular flexibility index (Phi) is 3.95. The quantitative estimate of drug-likeness (QED) is 0.425. The highest BCUT2D eigenvalue weighted by atomic mass is 16.3. The summed E-state index contributed by atoms with van der Waals surface area (Å²) < 4.78 is 5.93. The number of nitrogens with zero attached hydrogens (tertiary/aromatic N) is 2. The number of piperazine rings is 1. The predicted molar refractivity (Wildman–Crippen MR) is 105 cm³/mol. The molecule has 1 saturated heterocycles. The standard InChI is InChI=1S/C21H18N4O3/c26-20(21(27)25-9-7-22-8-10-25)15-12-24-18-14(15)5-6-23-19(18)17-11-13-3-1-2-4-16(13)28-17/h1-6,11-12,22,24H,7-10H2. The van der Waals surface area contributed by atoms with Crippen molar-refractivity contribution in [3.63, 3.8) is 0 Å². The largest absolute Gasteiger partial charge is 0.454 e. The minimum Gasteiger partial charge on any atom is -0.454 e. The van der Waals surface area contributed by atoms with E-state index in [0.717, 1.165) is 11.0 Å². The zero-order valence-electron chi connectivity index (χ0n) is 15.1. The molecule has 1 aromatic carbocycles. The second-order valence-electron chi connectivity index (χ2n) is 6.80. The molecule has 0 atom stereocenters. The number of rotatable bonds is 3. The first-order valence-corrected chi connectivity index (χ1v) is 9.22. The van der Waals surface area contributed by atoms with Crippen LogP contribution < -0.4 is 5.32 Å². The van der Waals surface area contributed by atoms with Crippen molar-refractivity contribution in [2.75, 3.05) is 26.2 Å². The van der Waals surface area contributed by atoms with E-state index < -0.39 is 11.7 Å². The van der Waals surface area contributed by atoms with Crippen molar-refractivity contribution in [3.05, 3.63) is 54.4 Å². The molecule has 7 nitrogen and oxygen atoms in total. The fraction of sp³-hybridized carbons (Fsp3) is 0.190. The minimum absolute atomic E-state index is 0.360. The SMILES string of the molecule is O=C(C(=O)N1CCNCC1)c1c[nH]c2c(-c3cc4ccccc4o3)nccc12. The van der Waals surface area contributed by atoms with E-state index in [1.165, 1.54) is 0 Å². The molecule has 1 aliphatic heterocycles. The Morgan fingerprint density at radius 2 is 1.93 bits per heavy atom. The highest BCUT2D eigenvalue weighted by molar-refractivity contribution is 6.45. The van der Waals surface area contributed by atoms with Crippen molar-refractivity contribution in [1.29, 1.82) is 0 Å². The van der Waals surface area contributed by atoms with Crippen molar-refractivity contribution >= 4 is 33.6 Å². The van der Waals surface area contributed by atoms with Crippen molar-refractivity contribution in [3.8, 4) is 11.5 Å². The van der Waals surface area contributed by atoms with E-state index in [-0.39, 0.29) is 0 Å². The molecule has 28 heavy (non-hydrogen) atoms. The molecule has 1 fully saturated rings. The number of pyridine rings is 1. The molecule has 140 valence electrons. The second-order valence-corrected chi connectivity index (χ2v) is 6.80. The van der Waals surface area contributed by atoms with Crippen LogP contribution in [0.5, 0.6) is 0 Å². The number of aromatic amines is 1. The van der Waals surface area contributed by atoms with Gasteiger partial charge in [-0.3, -0.25) is 14.6 Å². The van der Waals surface area contributed by atoms with Crippen LogP contribution in [0, 0.1) is 0 Å². The van der Waals surface area contributed by atoms with E-state index in [4.69, 9.17) is 4.42 Å². The zero-order valence-corrected chi connectivity index (χ0v) is 15.1. The smallest absolute Gasteiger partial charge is 0.295 e. The summed E-state index contributed by atoms with van der Waals surface area (Å²) in [7, 11) is 0. The summed E-state index contributed by atoms with van der Waals surface area (Å²) in [6.07, 6.45) is 3.21. The lowest BCUT2D eigenvalue weighted by Crippen LogP contribution is -2.48. The minimum atomic E-state index is -0.505. The molecule has 0 bridgehead atoms. The third kappa shape index (κ3) is 2.68. The summed E-state index contributed by atoms with van der Waals surface area (Å²) in [6, 6.07) is 11.4. The Balaban J connectivity index is 1.55. The van der Waals surface area contributed by atoms with Gasteiger partial charge in [0.2, 0.25) is 0 Å². The Hall–Kier alpha value is -3.45. The number of carbonyl (C=O) groups is 2. The maximum atomic E-state index is 12.8. The number of ketones is 1. The Bertz CT molecular complexity index is 1170. The van der Waals surface area contributed by atoms with Crippen LogP contribution in [-0.2, 0) is 4.79 Å². The number of furan rings is 1. The lowest BCUT2D eigenvalue weighted by Gasteiger charge is -2.26. The van der Waals surface area contributed by atoms with E-state index in [2.05, 4.69) is 15.3 Å². The first kappa shape index (κ1) is 16.7. The molecule has 1 amide bonds. The molecule has 2 N–H and O–H groups in total. The number of hydrogen-bond donors (Lipinski definition) is 2. The molecule has 0 unspecified atom stereocenters. The number of Topliss-reactive ketones (excluding diaryl/α,β-unsaturated/α-hetero) is 1. The molecule has 0 radical (unpaired) electrons. The van der Waals surface area contributed by atoms with Crippen molar-refractivity contribution in [2.24, 2.45) is 0 Å². The van der Waals surface area contributed by atoms with Gasteiger partial charge >= 0.3 is 0 Å². The topological polar surface area (TPSA) is 91.2 Å². The Labute approximate surface area is 160 Å². The summed E-state index contributed by atoms with van der Waals surface area (Å²) >= 11 is 0. The summed E-state index contributed by atoms with van der Waals surface area (Å²) in [5.41, 5.74) is 2.42. The van der Waals surface area contributed by atoms with Gasteiger partial charge < -0.3 is 19.6 Å². The van der Waals surface area contributed by atoms with Crippen LogP contribution in [0.25, 0.3) is 33.3 Å². The molecule has 4 heterocycles. The van der Waals surface area contributed by atoms with Crippen LogP contribution in [0.15, 0.2) is 53.2 Å². The van der Waals surface area contributed by atoms with Gasteiger partial charge in [-0.2, -0.15) is 0 Å². The van der Waals surface area contributed by atoms with E-state index in [9.17, 15) is 9.59 Å². The summed E-state index contributed by atoms with van der Waals surface area (Å²) in [6.45, 7) is 2.48. The van der Waals surface area contributed by atoms with Crippen molar-refractivity contribution in [1.82, 2.24) is 20.2 Å². The number of nitrogens with one attached hydrogen (secondary N) is 2. The van der Waals surface area contributed by atoms with Crippen molar-refractivity contribution < 1.29 is 14.0 Å². The summed E-state index contributed by atoms with van der Waals surface area (Å²) in [5, 5.41) is 4.82. The molecule has 7 heteroatoms. The molecule has 5 rings (SSSR count). The monoisotopic (exact) mass is 374 g/mol. The van der Waals surface area contributed by atoms with Gasteiger partial charge in [-0.1, -0.05) is 18.2 Å². The van der Waals surface area contributed by atoms with E-state index in [1.807, 2.05) is 30.3 Å².